The van der Waals surface area contributed by atoms with Crippen LogP contribution in [0, 0.1) is 11.8 Å². The molecular formula is C22H42FN5O+2. The van der Waals surface area contributed by atoms with Crippen LogP contribution in [0.5, 0.6) is 0 Å². The number of quaternary nitrogens is 2. The first kappa shape index (κ1) is 20.6. The minimum absolute atomic E-state index is 0.0790. The summed E-state index contributed by atoms with van der Waals surface area (Å²) in [5.41, 5.74) is 3.37. The fraction of sp³-hybridized carbons (Fsp3) is 1.00. The number of halogens is 1. The average molecular weight is 412 g/mol. The van der Waals surface area contributed by atoms with Crippen molar-refractivity contribution in [2.45, 2.75) is 95.0 Å². The van der Waals surface area contributed by atoms with E-state index in [1.165, 1.54) is 71.1 Å². The molecule has 0 aromatic carbocycles. The summed E-state index contributed by atoms with van der Waals surface area (Å²) in [6, 6.07) is 0.464. The highest BCUT2D eigenvalue weighted by molar-refractivity contribution is 4.86. The molecule has 1 aliphatic carbocycles. The zero-order valence-electron chi connectivity index (χ0n) is 18.0. The van der Waals surface area contributed by atoms with Crippen molar-refractivity contribution in [2.24, 2.45) is 11.8 Å². The fourth-order valence-corrected chi connectivity index (χ4v) is 6.81. The van der Waals surface area contributed by atoms with Gasteiger partial charge in [-0.25, -0.2) is 4.39 Å². The highest BCUT2D eigenvalue weighted by Crippen LogP contribution is 2.27. The van der Waals surface area contributed by atoms with Crippen molar-refractivity contribution in [3.05, 3.63) is 0 Å². The number of nitrogens with one attached hydrogen (secondary N) is 3. The van der Waals surface area contributed by atoms with Crippen molar-refractivity contribution in [1.82, 2.24) is 15.7 Å². The standard InChI is InChI=1S/C22H40FN5O/c23-18-7-2-1-6-17(18)15-28-13-5-8-19(28)22-25-21(26-29-22)16-9-10-24-20(14-16)27-11-3-4-12-27/h16-22,24-26H,1-15H2/p+2/t16?,17?,18?,19-,20?,21?,22?/m0/s1. The van der Waals surface area contributed by atoms with E-state index < -0.39 is 6.17 Å². The molecule has 0 radical (unpaired) electrons. The molecule has 8 atom stereocenters. The van der Waals surface area contributed by atoms with Crippen molar-refractivity contribution in [3.8, 4) is 0 Å². The molecule has 0 spiro atoms. The Kier molecular flexibility index (Phi) is 6.71. The molecule has 0 amide bonds. The van der Waals surface area contributed by atoms with Crippen molar-refractivity contribution < 1.29 is 19.4 Å². The topological polar surface area (TPSA) is 57.6 Å². The molecular weight excluding hydrogens is 369 g/mol. The number of nitrogens with zero attached hydrogens (tertiary/aromatic N) is 1. The second kappa shape index (κ2) is 9.45. The molecule has 5 fully saturated rings. The Balaban J connectivity index is 1.14. The Bertz CT molecular complexity index is 533. The quantitative estimate of drug-likeness (QED) is 0.503. The number of hydroxylamine groups is 1. The predicted molar refractivity (Wildman–Crippen MR) is 110 cm³/mol. The van der Waals surface area contributed by atoms with Crippen LogP contribution in [-0.2, 0) is 4.84 Å². The van der Waals surface area contributed by atoms with Crippen LogP contribution in [0.2, 0.25) is 0 Å². The van der Waals surface area contributed by atoms with Crippen LogP contribution < -0.4 is 21.0 Å². The predicted octanol–water partition coefficient (Wildman–Crippen LogP) is -0.266. The highest BCUT2D eigenvalue weighted by atomic mass is 19.1. The third kappa shape index (κ3) is 4.65. The first-order chi connectivity index (χ1) is 14.3. The molecule has 5 N–H and O–H groups in total. The number of piperidine rings is 1. The van der Waals surface area contributed by atoms with Gasteiger partial charge in [-0.15, -0.1) is 0 Å². The molecule has 4 saturated heterocycles. The van der Waals surface area contributed by atoms with Crippen LogP contribution in [0.1, 0.15) is 64.2 Å². The molecule has 29 heavy (non-hydrogen) atoms. The lowest BCUT2D eigenvalue weighted by Crippen LogP contribution is -3.16. The molecule has 7 heteroatoms. The zero-order chi connectivity index (χ0) is 19.6. The van der Waals surface area contributed by atoms with Crippen LogP contribution >= 0.6 is 0 Å². The maximum atomic E-state index is 14.4. The molecule has 4 heterocycles. The van der Waals surface area contributed by atoms with E-state index in [0.29, 0.717) is 18.1 Å². The van der Waals surface area contributed by atoms with E-state index in [1.54, 1.807) is 4.90 Å². The second-order valence-corrected chi connectivity index (χ2v) is 10.3. The highest BCUT2D eigenvalue weighted by Gasteiger charge is 2.45. The van der Waals surface area contributed by atoms with E-state index in [0.717, 1.165) is 25.8 Å². The summed E-state index contributed by atoms with van der Waals surface area (Å²) >= 11 is 0. The molecule has 7 unspecified atom stereocenters. The number of alkyl halides is 1. The van der Waals surface area contributed by atoms with Gasteiger partial charge in [-0.1, -0.05) is 12.8 Å². The number of rotatable bonds is 5. The van der Waals surface area contributed by atoms with Gasteiger partial charge in [-0.3, -0.25) is 15.1 Å². The van der Waals surface area contributed by atoms with Gasteiger partial charge >= 0.3 is 0 Å². The van der Waals surface area contributed by atoms with Crippen LogP contribution in [0.15, 0.2) is 0 Å². The van der Waals surface area contributed by atoms with Crippen LogP contribution in [0.4, 0.5) is 4.39 Å². The maximum absolute atomic E-state index is 14.4. The van der Waals surface area contributed by atoms with Crippen molar-refractivity contribution >= 4 is 0 Å². The van der Waals surface area contributed by atoms with Crippen molar-refractivity contribution in [3.63, 3.8) is 0 Å². The molecule has 6 nitrogen and oxygen atoms in total. The van der Waals surface area contributed by atoms with Crippen LogP contribution in [-0.4, -0.2) is 68.4 Å². The van der Waals surface area contributed by atoms with Gasteiger partial charge in [0, 0.05) is 50.6 Å². The lowest BCUT2D eigenvalue weighted by atomic mass is 9.87. The van der Waals surface area contributed by atoms with Gasteiger partial charge in [0.15, 0.2) is 6.23 Å². The molecule has 0 aromatic heterocycles. The van der Waals surface area contributed by atoms with Gasteiger partial charge < -0.3 is 10.2 Å². The van der Waals surface area contributed by atoms with Gasteiger partial charge in [-0.2, -0.15) is 5.48 Å². The van der Waals surface area contributed by atoms with E-state index in [2.05, 4.69) is 21.0 Å². The minimum Gasteiger partial charge on any atom is -0.331 e. The molecule has 5 aliphatic rings. The van der Waals surface area contributed by atoms with Gasteiger partial charge in [0.25, 0.3) is 0 Å². The summed E-state index contributed by atoms with van der Waals surface area (Å²) in [4.78, 5) is 10.4. The molecule has 5 rings (SSSR count). The van der Waals surface area contributed by atoms with Gasteiger partial charge in [0.05, 0.1) is 25.8 Å². The largest absolute Gasteiger partial charge is 0.331 e. The smallest absolute Gasteiger partial charge is 0.183 e. The summed E-state index contributed by atoms with van der Waals surface area (Å²) in [6.45, 7) is 5.94. The summed E-state index contributed by atoms with van der Waals surface area (Å²) in [5.74, 6) is 0.897. The Morgan fingerprint density at radius 2 is 1.90 bits per heavy atom. The molecule has 166 valence electrons. The Labute approximate surface area is 175 Å². The number of hydrogen-bond acceptors (Lipinski definition) is 4. The number of hydrogen-bond donors (Lipinski definition) is 4. The average Bonchev–Trinajstić information content (AvgIpc) is 3.51. The van der Waals surface area contributed by atoms with E-state index in [4.69, 9.17) is 4.84 Å². The first-order valence-electron chi connectivity index (χ1n) is 12.5. The third-order valence-corrected chi connectivity index (χ3v) is 8.51. The van der Waals surface area contributed by atoms with Crippen molar-refractivity contribution in [2.75, 3.05) is 32.7 Å². The summed E-state index contributed by atoms with van der Waals surface area (Å²) in [5, 5.41) is 6.36. The second-order valence-electron chi connectivity index (χ2n) is 10.3. The van der Waals surface area contributed by atoms with E-state index in [-0.39, 0.29) is 18.3 Å². The number of nitrogens with two attached hydrogens (primary N) is 1. The Hall–Kier alpha value is -0.310. The summed E-state index contributed by atoms with van der Waals surface area (Å²) < 4.78 is 14.4. The third-order valence-electron chi connectivity index (χ3n) is 8.51. The van der Waals surface area contributed by atoms with Crippen LogP contribution in [0.25, 0.3) is 0 Å². The monoisotopic (exact) mass is 411 g/mol. The molecule has 0 bridgehead atoms. The number of likely N-dealkylation sites (tertiary alicyclic amines) is 2. The van der Waals surface area contributed by atoms with Crippen LogP contribution in [0.3, 0.4) is 0 Å². The van der Waals surface area contributed by atoms with Gasteiger partial charge in [0.2, 0.25) is 0 Å². The van der Waals surface area contributed by atoms with E-state index in [9.17, 15) is 4.39 Å². The molecule has 4 aliphatic heterocycles. The van der Waals surface area contributed by atoms with Gasteiger partial charge in [-0.05, 0) is 25.7 Å². The normalized spacial score (nSPS) is 47.1. The lowest BCUT2D eigenvalue weighted by Gasteiger charge is -2.35. The van der Waals surface area contributed by atoms with Crippen molar-refractivity contribution in [1.29, 1.82) is 0 Å². The maximum Gasteiger partial charge on any atom is 0.183 e. The Morgan fingerprint density at radius 3 is 2.76 bits per heavy atom. The SMILES string of the molecule is FC1CCCCC1C[NH+]1CCC[C@H]1C1NC(C2CC[NH2+]C(N3CCCC3)C2)NO1. The molecule has 0 aromatic rings. The molecule has 1 saturated carbocycles. The Morgan fingerprint density at radius 1 is 1.03 bits per heavy atom. The summed E-state index contributed by atoms with van der Waals surface area (Å²) in [7, 11) is 0. The van der Waals surface area contributed by atoms with Gasteiger partial charge in [0.1, 0.15) is 18.4 Å². The fourth-order valence-electron chi connectivity index (χ4n) is 6.81. The minimum atomic E-state index is -0.582. The lowest BCUT2D eigenvalue weighted by molar-refractivity contribution is -0.920. The first-order valence-corrected chi connectivity index (χ1v) is 12.5. The van der Waals surface area contributed by atoms with E-state index >= 15 is 0 Å². The zero-order valence-corrected chi connectivity index (χ0v) is 18.0. The van der Waals surface area contributed by atoms with E-state index in [1.807, 2.05) is 0 Å². The summed E-state index contributed by atoms with van der Waals surface area (Å²) in [6.07, 6.45) is 12.2.